The summed E-state index contributed by atoms with van der Waals surface area (Å²) >= 11 is 0. The van der Waals surface area contributed by atoms with E-state index in [2.05, 4.69) is 108 Å². The van der Waals surface area contributed by atoms with E-state index in [-0.39, 0.29) is 54.8 Å². The van der Waals surface area contributed by atoms with Gasteiger partial charge in [0.05, 0.1) is 8.07 Å². The third kappa shape index (κ3) is 6.28. The second kappa shape index (κ2) is 12.3. The number of hydrogen-bond donors (Lipinski definition) is 1. The molecule has 5 atom stereocenters. The van der Waals surface area contributed by atoms with Crippen molar-refractivity contribution in [1.82, 2.24) is 0 Å². The third-order valence-corrected chi connectivity index (χ3v) is 14.1. The summed E-state index contributed by atoms with van der Waals surface area (Å²) in [4.78, 5) is 0. The molecule has 0 spiro atoms. The molecule has 37 heavy (non-hydrogen) atoms. The topological polar surface area (TPSA) is 20.2 Å². The summed E-state index contributed by atoms with van der Waals surface area (Å²) in [6.07, 6.45) is 0. The summed E-state index contributed by atoms with van der Waals surface area (Å²) in [5, 5.41) is 13.1. The quantitative estimate of drug-likeness (QED) is 0.282. The molecule has 0 heterocycles. The van der Waals surface area contributed by atoms with Crippen LogP contribution < -0.4 is 5.19 Å². The van der Waals surface area contributed by atoms with Gasteiger partial charge in [-0.25, -0.2) is 0 Å². The molecule has 2 aliphatic carbocycles. The number of rotatable bonds is 2. The summed E-state index contributed by atoms with van der Waals surface area (Å²) in [5.41, 5.74) is 9.28. The minimum absolute atomic E-state index is 0. The summed E-state index contributed by atoms with van der Waals surface area (Å²) in [6.45, 7) is 33.1. The Bertz CT molecular complexity index is 1020. The van der Waals surface area contributed by atoms with Crippen LogP contribution in [0.25, 0.3) is 0 Å². The van der Waals surface area contributed by atoms with Gasteiger partial charge in [0, 0.05) is 0 Å². The number of phenolic OH excluding ortho intramolecular Hbond substituents is 1. The van der Waals surface area contributed by atoms with E-state index in [1.807, 2.05) is 0 Å². The molecule has 1 radical (unpaired) electrons. The van der Waals surface area contributed by atoms with Crippen LogP contribution in [0.1, 0.15) is 94.2 Å². The molecule has 0 aromatic heterocycles. The van der Waals surface area contributed by atoms with Crippen molar-refractivity contribution < 1.29 is 26.8 Å². The minimum atomic E-state index is -2.05. The Morgan fingerprint density at radius 3 is 1.54 bits per heavy atom. The number of fused-ring (bicyclic) bond motifs is 1. The van der Waals surface area contributed by atoms with Crippen LogP contribution >= 0.6 is 0 Å². The first-order valence-electron chi connectivity index (χ1n) is 13.1. The maximum Gasteiger partial charge on any atom is 3.00 e. The van der Waals surface area contributed by atoms with E-state index in [9.17, 15) is 5.11 Å². The van der Waals surface area contributed by atoms with Crippen molar-refractivity contribution in [3.05, 3.63) is 67.8 Å². The molecular formula is C34H59OSiTi. The van der Waals surface area contributed by atoms with Crippen LogP contribution in [-0.4, -0.2) is 13.2 Å². The Kier molecular flexibility index (Phi) is 12.8. The zero-order valence-corrected chi connectivity index (χ0v) is 30.1. The van der Waals surface area contributed by atoms with Crippen LogP contribution in [0.15, 0.2) is 34.4 Å². The molecule has 1 fully saturated rings. The second-order valence-corrected chi connectivity index (χ2v) is 18.7. The Labute approximate surface area is 248 Å². The fraction of sp³-hybridized carbons (Fsp3) is 0.618. The van der Waals surface area contributed by atoms with Crippen LogP contribution in [0, 0.1) is 46.0 Å². The molecule has 1 aromatic carbocycles. The Hall–Kier alpha value is -0.569. The van der Waals surface area contributed by atoms with Crippen molar-refractivity contribution in [2.24, 2.45) is 23.7 Å². The molecule has 2 aliphatic rings. The Morgan fingerprint density at radius 1 is 0.703 bits per heavy atom. The SMILES string of the molecule is CC1=C(C)C2C(C)C(C)C([Si](C)(C)c3cc(C(C)(C)C)cc(C(C)(C)C)c3O)C2C(C)=C1C.[CH3-].[CH3-].[CH3-].[Ti+3]. The molecule has 1 saturated carbocycles. The maximum atomic E-state index is 11.8. The van der Waals surface area contributed by atoms with Gasteiger partial charge in [-0.2, -0.15) is 0 Å². The van der Waals surface area contributed by atoms with Crippen LogP contribution in [0.5, 0.6) is 5.75 Å². The van der Waals surface area contributed by atoms with Crippen LogP contribution in [-0.2, 0) is 32.5 Å². The molecule has 3 heteroatoms. The molecule has 5 unspecified atom stereocenters. The van der Waals surface area contributed by atoms with Gasteiger partial charge < -0.3 is 27.4 Å². The predicted octanol–water partition coefficient (Wildman–Crippen LogP) is 9.83. The summed E-state index contributed by atoms with van der Waals surface area (Å²) < 4.78 is 0. The smallest absolute Gasteiger partial charge is 0.508 e. The molecule has 0 saturated heterocycles. The van der Waals surface area contributed by atoms with Crippen molar-refractivity contribution in [3.8, 4) is 5.75 Å². The van der Waals surface area contributed by atoms with Crippen molar-refractivity contribution in [2.45, 2.75) is 113 Å². The van der Waals surface area contributed by atoms with E-state index in [0.717, 1.165) is 5.56 Å². The van der Waals surface area contributed by atoms with Gasteiger partial charge in [-0.05, 0) is 95.2 Å². The minimum Gasteiger partial charge on any atom is -0.508 e. The maximum absolute atomic E-state index is 11.8. The van der Waals surface area contributed by atoms with Crippen LogP contribution in [0.2, 0.25) is 18.6 Å². The predicted molar refractivity (Wildman–Crippen MR) is 168 cm³/mol. The van der Waals surface area contributed by atoms with Crippen LogP contribution in [0.3, 0.4) is 0 Å². The average Bonchev–Trinajstić information content (AvgIpc) is 2.94. The number of hydrogen-bond acceptors (Lipinski definition) is 1. The normalized spacial score (nSPS) is 25.9. The first-order chi connectivity index (χ1) is 14.8. The second-order valence-electron chi connectivity index (χ2n) is 14.1. The van der Waals surface area contributed by atoms with Crippen molar-refractivity contribution in [3.63, 3.8) is 0 Å². The van der Waals surface area contributed by atoms with Gasteiger partial charge in [0.1, 0.15) is 5.75 Å². The van der Waals surface area contributed by atoms with Gasteiger partial charge in [0.2, 0.25) is 0 Å². The van der Waals surface area contributed by atoms with Crippen molar-refractivity contribution in [2.75, 3.05) is 0 Å². The zero-order valence-electron chi connectivity index (χ0n) is 27.5. The molecule has 209 valence electrons. The molecule has 1 N–H and O–H groups in total. The number of benzene rings is 1. The molecule has 0 bridgehead atoms. The number of phenols is 1. The van der Waals surface area contributed by atoms with E-state index < -0.39 is 8.07 Å². The number of aromatic hydroxyl groups is 1. The third-order valence-electron chi connectivity index (χ3n) is 9.79. The Balaban J connectivity index is 0. The fourth-order valence-electron chi connectivity index (χ4n) is 7.24. The summed E-state index contributed by atoms with van der Waals surface area (Å²) in [7, 11) is -2.05. The molecule has 0 aliphatic heterocycles. The standard InChI is InChI=1S/C31H50OSi.3CH3.Ti/c1-17-18(2)20(4)27-26(19(17)3)21(5)22(6)29(27)33(13,14)25-16-23(30(7,8)9)15-24(28(25)32)31(10,11)12;;;;/h15-16,21-22,26-27,29,32H,1-14H3;3*1H3;/q;3*-1;+3. The van der Waals surface area contributed by atoms with E-state index in [1.165, 1.54) is 21.9 Å². The summed E-state index contributed by atoms with van der Waals surface area (Å²) in [6, 6.07) is 4.67. The fourth-order valence-corrected chi connectivity index (χ4v) is 11.8. The molecule has 0 amide bonds. The van der Waals surface area contributed by atoms with Gasteiger partial charge in [0.15, 0.2) is 0 Å². The average molecular weight is 560 g/mol. The number of allylic oxidation sites excluding steroid dienone is 4. The van der Waals surface area contributed by atoms with Crippen LogP contribution in [0.4, 0.5) is 0 Å². The van der Waals surface area contributed by atoms with Gasteiger partial charge in [0.25, 0.3) is 0 Å². The van der Waals surface area contributed by atoms with E-state index in [4.69, 9.17) is 0 Å². The van der Waals surface area contributed by atoms with E-state index in [1.54, 1.807) is 11.1 Å². The van der Waals surface area contributed by atoms with Gasteiger partial charge in [-0.1, -0.05) is 91.8 Å². The van der Waals surface area contributed by atoms with Gasteiger partial charge >= 0.3 is 21.7 Å². The molecule has 1 aromatic rings. The first-order valence-corrected chi connectivity index (χ1v) is 16.1. The largest absolute Gasteiger partial charge is 3.00 e. The van der Waals surface area contributed by atoms with Gasteiger partial charge in [-0.15, -0.1) is 0 Å². The van der Waals surface area contributed by atoms with E-state index >= 15 is 0 Å². The molecular weight excluding hydrogens is 500 g/mol. The van der Waals surface area contributed by atoms with Crippen molar-refractivity contribution >= 4 is 13.3 Å². The molecule has 3 rings (SSSR count). The van der Waals surface area contributed by atoms with Crippen molar-refractivity contribution in [1.29, 1.82) is 0 Å². The van der Waals surface area contributed by atoms with E-state index in [0.29, 0.717) is 35.0 Å². The zero-order chi connectivity index (χ0) is 25.4. The molecule has 1 nitrogen and oxygen atoms in total. The Morgan fingerprint density at radius 2 is 1.14 bits per heavy atom. The first kappa shape index (κ1) is 38.6. The van der Waals surface area contributed by atoms with Gasteiger partial charge in [-0.3, -0.25) is 0 Å². The monoisotopic (exact) mass is 559 g/mol. The summed E-state index contributed by atoms with van der Waals surface area (Å²) in [5.74, 6) is 3.11.